The summed E-state index contributed by atoms with van der Waals surface area (Å²) < 4.78 is 59.6. The molecule has 5 rings (SSSR count). The minimum atomic E-state index is -3.04. The van der Waals surface area contributed by atoms with Crippen molar-refractivity contribution < 1.29 is 32.3 Å². The maximum absolute atomic E-state index is 15.3. The summed E-state index contributed by atoms with van der Waals surface area (Å²) in [5.74, 6) is -6.85. The van der Waals surface area contributed by atoms with Crippen LogP contribution in [-0.2, 0) is 18.3 Å². The maximum Gasteiger partial charge on any atom is 0.326 e. The zero-order valence-corrected chi connectivity index (χ0v) is 29.6. The molecule has 0 saturated heterocycles. The molecule has 2 atom stereocenters. The van der Waals surface area contributed by atoms with Crippen LogP contribution in [0.5, 0.6) is 0 Å². The number of aryl methyl sites for hydroxylation is 3. The molecule has 0 aliphatic carbocycles. The number of carbonyl (C=O) groups excluding carboxylic acids is 1. The van der Waals surface area contributed by atoms with Crippen molar-refractivity contribution in [1.29, 1.82) is 0 Å². The monoisotopic (exact) mass is 706 g/mol. The Bertz CT molecular complexity index is 2140. The summed E-state index contributed by atoms with van der Waals surface area (Å²) in [6.07, 6.45) is 1.23. The number of fused-ring (bicyclic) bond motifs is 2. The Hall–Kier alpha value is -5.26. The largest absolute Gasteiger partial charge is 0.480 e. The van der Waals surface area contributed by atoms with Gasteiger partial charge < -0.3 is 20.3 Å². The number of benzene rings is 3. The van der Waals surface area contributed by atoms with Gasteiger partial charge in [-0.05, 0) is 73.9 Å². The summed E-state index contributed by atoms with van der Waals surface area (Å²) in [5, 5.41) is 16.2. The van der Waals surface area contributed by atoms with E-state index in [-0.39, 0.29) is 36.1 Å². The Morgan fingerprint density at radius 1 is 1.02 bits per heavy atom. The summed E-state index contributed by atoms with van der Waals surface area (Å²) in [6.45, 7) is 10.1. The van der Waals surface area contributed by atoms with Gasteiger partial charge in [0.15, 0.2) is 0 Å². The lowest BCUT2D eigenvalue weighted by molar-refractivity contribution is -0.139. The van der Waals surface area contributed by atoms with Crippen molar-refractivity contribution in [2.45, 2.75) is 78.8 Å². The molecular weight excluding hydrogens is 664 g/mol. The van der Waals surface area contributed by atoms with E-state index in [0.29, 0.717) is 44.1 Å². The van der Waals surface area contributed by atoms with Crippen molar-refractivity contribution in [3.8, 4) is 11.1 Å². The van der Waals surface area contributed by atoms with Crippen molar-refractivity contribution in [3.05, 3.63) is 105 Å². The van der Waals surface area contributed by atoms with E-state index in [4.69, 9.17) is 0 Å². The third kappa shape index (κ3) is 7.90. The van der Waals surface area contributed by atoms with E-state index in [1.54, 1.807) is 45.2 Å². The smallest absolute Gasteiger partial charge is 0.326 e. The highest BCUT2D eigenvalue weighted by molar-refractivity contribution is 6.00. The number of hydrogen-bond acceptors (Lipinski definition) is 5. The zero-order valence-electron chi connectivity index (χ0n) is 29.6. The molecule has 2 aromatic heterocycles. The number of alkyl halides is 2. The van der Waals surface area contributed by atoms with Crippen LogP contribution < -0.4 is 16.2 Å². The molecule has 0 bridgehead atoms. The average molecular weight is 707 g/mol. The van der Waals surface area contributed by atoms with Crippen LogP contribution in [0.2, 0.25) is 0 Å². The quantitative estimate of drug-likeness (QED) is 0.119. The molecule has 3 aromatic carbocycles. The molecule has 0 spiro atoms. The van der Waals surface area contributed by atoms with E-state index >= 15 is 4.39 Å². The molecule has 1 amide bonds. The summed E-state index contributed by atoms with van der Waals surface area (Å²) in [5.41, 5.74) is 2.22. The number of nitrogens with one attached hydrogen (secondary N) is 2. The van der Waals surface area contributed by atoms with Crippen molar-refractivity contribution in [3.63, 3.8) is 0 Å². The van der Waals surface area contributed by atoms with Crippen LogP contribution in [0.3, 0.4) is 0 Å². The fourth-order valence-corrected chi connectivity index (χ4v) is 6.27. The van der Waals surface area contributed by atoms with Gasteiger partial charge in [-0.3, -0.25) is 14.6 Å². The number of carbonyl (C=O) groups is 2. The Kier molecular flexibility index (Phi) is 11.9. The van der Waals surface area contributed by atoms with Crippen molar-refractivity contribution >= 4 is 39.4 Å². The van der Waals surface area contributed by atoms with Crippen LogP contribution in [0.15, 0.2) is 65.6 Å². The number of rotatable bonds is 11. The Morgan fingerprint density at radius 3 is 2.37 bits per heavy atom. The minimum Gasteiger partial charge on any atom is -0.480 e. The normalized spacial score (nSPS) is 12.6. The number of aliphatic carboxylic acids is 1. The van der Waals surface area contributed by atoms with Crippen LogP contribution in [0, 0.1) is 25.5 Å². The molecule has 3 N–H and O–H groups in total. The van der Waals surface area contributed by atoms with Gasteiger partial charge in [-0.25, -0.2) is 22.4 Å². The van der Waals surface area contributed by atoms with E-state index in [1.807, 2.05) is 13.8 Å². The number of pyridine rings is 2. The molecular formula is C39H42F4N4O4. The average Bonchev–Trinajstić information content (AvgIpc) is 3.08. The predicted molar refractivity (Wildman–Crippen MR) is 193 cm³/mol. The highest BCUT2D eigenvalue weighted by Crippen LogP contribution is 2.33. The highest BCUT2D eigenvalue weighted by atomic mass is 19.3. The first-order valence-electron chi connectivity index (χ1n) is 16.8. The molecule has 270 valence electrons. The molecule has 0 fully saturated rings. The number of hydrogen-bond donors (Lipinski definition) is 3. The second kappa shape index (κ2) is 15.7. The molecule has 12 heteroatoms. The molecule has 0 unspecified atom stereocenters. The number of anilines is 1. The summed E-state index contributed by atoms with van der Waals surface area (Å²) in [4.78, 5) is 43.8. The Balaban J connectivity index is 0.00000286. The Morgan fingerprint density at radius 2 is 1.73 bits per heavy atom. The Labute approximate surface area is 293 Å². The van der Waals surface area contributed by atoms with Gasteiger partial charge in [-0.2, -0.15) is 0 Å². The molecule has 0 aliphatic rings. The van der Waals surface area contributed by atoms with Crippen LogP contribution in [-0.4, -0.2) is 44.5 Å². The first kappa shape index (κ1) is 38.5. The van der Waals surface area contributed by atoms with Crippen molar-refractivity contribution in [2.75, 3.05) is 5.32 Å². The lowest BCUT2D eigenvalue weighted by atomic mass is 9.92. The summed E-state index contributed by atoms with van der Waals surface area (Å²) in [7, 11) is 1.59. The van der Waals surface area contributed by atoms with Crippen molar-refractivity contribution in [1.82, 2.24) is 14.9 Å². The van der Waals surface area contributed by atoms with Crippen LogP contribution in [0.4, 0.5) is 23.2 Å². The SMILES string of the molecule is CC.CCCC(F)(F)[C@@H](C)Nc1cc(C)c(C(=O)N[C@@H](Cc2ccc(-c3c(C)c4cc(F)ccc4n(C)c3=O)c3ncccc23)C(=O)O)c(F)c1. The first-order chi connectivity index (χ1) is 24.1. The van der Waals surface area contributed by atoms with Crippen LogP contribution in [0.1, 0.15) is 67.6 Å². The van der Waals surface area contributed by atoms with Gasteiger partial charge in [0.1, 0.15) is 17.7 Å². The fourth-order valence-electron chi connectivity index (χ4n) is 6.27. The van der Waals surface area contributed by atoms with E-state index in [0.717, 1.165) is 6.07 Å². The van der Waals surface area contributed by atoms with E-state index in [1.165, 1.54) is 48.9 Å². The first-order valence-corrected chi connectivity index (χ1v) is 16.8. The van der Waals surface area contributed by atoms with Gasteiger partial charge in [0.05, 0.1) is 28.2 Å². The van der Waals surface area contributed by atoms with Crippen molar-refractivity contribution in [2.24, 2.45) is 7.05 Å². The number of carboxylic acids is 1. The molecule has 0 saturated carbocycles. The number of nitrogens with zero attached hydrogens (tertiary/aromatic N) is 2. The van der Waals surface area contributed by atoms with E-state index in [9.17, 15) is 32.7 Å². The predicted octanol–water partition coefficient (Wildman–Crippen LogP) is 8.34. The molecule has 0 radical (unpaired) electrons. The lowest BCUT2D eigenvalue weighted by Crippen LogP contribution is -2.43. The molecule has 51 heavy (non-hydrogen) atoms. The molecule has 0 aliphatic heterocycles. The zero-order chi connectivity index (χ0) is 37.8. The fraction of sp³-hybridized carbons (Fsp3) is 0.333. The highest BCUT2D eigenvalue weighted by Gasteiger charge is 2.35. The van der Waals surface area contributed by atoms with Gasteiger partial charge in [0, 0.05) is 48.1 Å². The number of aromatic nitrogens is 2. The van der Waals surface area contributed by atoms with Gasteiger partial charge in [0.25, 0.3) is 17.4 Å². The minimum absolute atomic E-state index is 0.0605. The molecule has 8 nitrogen and oxygen atoms in total. The summed E-state index contributed by atoms with van der Waals surface area (Å²) >= 11 is 0. The standard InChI is InChI=1S/C37H36F4N4O4.C2H6/c1-6-13-37(40,41)21(4)43-24-15-19(2)31(28(39)18-24)34(46)44-29(36(48)49)16-22-9-11-26(33-25(22)8-7-14-42-33)32-20(3)27-17-23(38)10-12-30(27)45(5)35(32)47;1-2/h7-12,14-15,17-18,21,29,43H,6,13,16H2,1-5H3,(H,44,46)(H,48,49);1-2H3/t21-,29+;/m1./s1. The van der Waals surface area contributed by atoms with Crippen LogP contribution in [0.25, 0.3) is 32.9 Å². The topological polar surface area (TPSA) is 113 Å². The van der Waals surface area contributed by atoms with Gasteiger partial charge in [-0.1, -0.05) is 45.4 Å². The van der Waals surface area contributed by atoms with Crippen LogP contribution >= 0.6 is 0 Å². The number of amides is 1. The van der Waals surface area contributed by atoms with Gasteiger partial charge in [0.2, 0.25) is 0 Å². The molecule has 2 heterocycles. The maximum atomic E-state index is 15.3. The van der Waals surface area contributed by atoms with Gasteiger partial charge >= 0.3 is 5.97 Å². The lowest BCUT2D eigenvalue weighted by Gasteiger charge is -2.25. The third-order valence-corrected chi connectivity index (χ3v) is 8.89. The second-order valence-electron chi connectivity index (χ2n) is 12.3. The number of halogens is 4. The second-order valence-corrected chi connectivity index (χ2v) is 12.3. The third-order valence-electron chi connectivity index (χ3n) is 8.89. The summed E-state index contributed by atoms with van der Waals surface area (Å²) in [6, 6.07) is 10.3. The molecule has 5 aromatic rings. The number of carboxylic acid groups (broad SMARTS) is 1. The van der Waals surface area contributed by atoms with E-state index < -0.39 is 47.1 Å². The van der Waals surface area contributed by atoms with E-state index in [2.05, 4.69) is 15.6 Å². The van der Waals surface area contributed by atoms with Gasteiger partial charge in [-0.15, -0.1) is 0 Å².